The number of anilines is 1. The average Bonchev–Trinajstić information content (AvgIpc) is 2.59. The number of ether oxygens (including phenoxy) is 1. The van der Waals surface area contributed by atoms with E-state index in [1.54, 1.807) is 12.1 Å². The fraction of sp³-hybridized carbons (Fsp3) is 0.0526. The van der Waals surface area contributed by atoms with Crippen molar-refractivity contribution in [3.63, 3.8) is 0 Å². The van der Waals surface area contributed by atoms with Crippen LogP contribution in [0.4, 0.5) is 10.1 Å². The smallest absolute Gasteiger partial charge is 0.130 e. The van der Waals surface area contributed by atoms with Gasteiger partial charge in [-0.3, -0.25) is 0 Å². The fourth-order valence-electron chi connectivity index (χ4n) is 2.20. The molecule has 3 rings (SSSR count). The quantitative estimate of drug-likeness (QED) is 0.345. The van der Waals surface area contributed by atoms with Crippen LogP contribution in [0, 0.1) is 5.82 Å². The summed E-state index contributed by atoms with van der Waals surface area (Å²) in [4.78, 5) is 0. The predicted molar refractivity (Wildman–Crippen MR) is 110 cm³/mol. The minimum absolute atomic E-state index is 0.315. The van der Waals surface area contributed by atoms with E-state index in [1.165, 1.54) is 12.1 Å². The summed E-state index contributed by atoms with van der Waals surface area (Å²) in [5.41, 5.74) is 2.11. The summed E-state index contributed by atoms with van der Waals surface area (Å²) >= 11 is 10.5. The predicted octanol–water partition coefficient (Wildman–Crippen LogP) is 7.52. The van der Waals surface area contributed by atoms with E-state index in [0.717, 1.165) is 24.7 Å². The molecule has 0 amide bonds. The molecule has 0 aliphatic carbocycles. The van der Waals surface area contributed by atoms with E-state index in [-0.39, 0.29) is 5.82 Å². The van der Waals surface area contributed by atoms with Crippen LogP contribution in [0.25, 0.3) is 0 Å². The van der Waals surface area contributed by atoms with Crippen molar-refractivity contribution in [3.8, 4) is 11.5 Å². The van der Waals surface area contributed by atoms with Crippen molar-refractivity contribution in [2.45, 2.75) is 6.54 Å². The SMILES string of the molecule is Fc1cccc(Oc2ccc(CNc3cc(Br)c(Br)c(Br)c3)cc2)c1. The van der Waals surface area contributed by atoms with Crippen LogP contribution >= 0.6 is 47.8 Å². The molecule has 0 saturated carbocycles. The second-order valence-corrected chi connectivity index (χ2v) is 7.81. The Balaban J connectivity index is 1.63. The topological polar surface area (TPSA) is 21.3 Å². The molecular weight excluding hydrogens is 517 g/mol. The van der Waals surface area contributed by atoms with E-state index in [4.69, 9.17) is 4.74 Å². The third-order valence-corrected chi connectivity index (χ3v) is 6.60. The van der Waals surface area contributed by atoms with Crippen molar-refractivity contribution >= 4 is 53.5 Å². The van der Waals surface area contributed by atoms with Gasteiger partial charge in [-0.05, 0) is 89.8 Å². The molecule has 0 atom stereocenters. The standard InChI is InChI=1S/C19H13Br3FNO/c20-17-9-14(10-18(21)19(17)22)24-11-12-4-6-15(7-5-12)25-16-3-1-2-13(23)8-16/h1-10,24H,11H2. The lowest BCUT2D eigenvalue weighted by Gasteiger charge is -2.10. The van der Waals surface area contributed by atoms with E-state index in [2.05, 4.69) is 53.1 Å². The highest BCUT2D eigenvalue weighted by atomic mass is 79.9. The van der Waals surface area contributed by atoms with Crippen LogP contribution in [0.15, 0.2) is 74.1 Å². The van der Waals surface area contributed by atoms with Gasteiger partial charge in [-0.2, -0.15) is 0 Å². The third kappa shape index (κ3) is 5.06. The minimum Gasteiger partial charge on any atom is -0.457 e. The largest absolute Gasteiger partial charge is 0.457 e. The van der Waals surface area contributed by atoms with E-state index in [0.29, 0.717) is 18.0 Å². The molecule has 0 saturated heterocycles. The van der Waals surface area contributed by atoms with Crippen LogP contribution in [-0.2, 0) is 6.54 Å². The molecule has 3 aromatic carbocycles. The van der Waals surface area contributed by atoms with Gasteiger partial charge >= 0.3 is 0 Å². The molecule has 6 heteroatoms. The molecule has 2 nitrogen and oxygen atoms in total. The molecule has 0 heterocycles. The van der Waals surface area contributed by atoms with Gasteiger partial charge in [-0.15, -0.1) is 0 Å². The first-order chi connectivity index (χ1) is 12.0. The number of benzene rings is 3. The highest BCUT2D eigenvalue weighted by molar-refractivity contribution is 9.14. The normalized spacial score (nSPS) is 10.6. The first kappa shape index (κ1) is 18.4. The number of nitrogens with one attached hydrogen (secondary N) is 1. The fourth-order valence-corrected chi connectivity index (χ4v) is 3.62. The second-order valence-electron chi connectivity index (χ2n) is 5.31. The van der Waals surface area contributed by atoms with Crippen LogP contribution in [0.5, 0.6) is 11.5 Å². The van der Waals surface area contributed by atoms with E-state index < -0.39 is 0 Å². The van der Waals surface area contributed by atoms with Gasteiger partial charge in [-0.1, -0.05) is 18.2 Å². The van der Waals surface area contributed by atoms with Crippen molar-refractivity contribution in [2.24, 2.45) is 0 Å². The van der Waals surface area contributed by atoms with Gasteiger partial charge in [0.15, 0.2) is 0 Å². The van der Waals surface area contributed by atoms with Crippen LogP contribution in [0.2, 0.25) is 0 Å². The summed E-state index contributed by atoms with van der Waals surface area (Å²) in [6, 6.07) is 17.8. The molecule has 0 fully saturated rings. The Labute approximate surface area is 170 Å². The number of rotatable bonds is 5. The summed E-state index contributed by atoms with van der Waals surface area (Å²) in [6.45, 7) is 0.681. The summed E-state index contributed by atoms with van der Waals surface area (Å²) in [5.74, 6) is 0.837. The summed E-state index contributed by atoms with van der Waals surface area (Å²) in [7, 11) is 0. The maximum atomic E-state index is 13.2. The molecule has 1 N–H and O–H groups in total. The molecule has 0 unspecified atom stereocenters. The summed E-state index contributed by atoms with van der Waals surface area (Å²) < 4.78 is 21.8. The Morgan fingerprint density at radius 2 is 1.52 bits per heavy atom. The Hall–Kier alpha value is -1.37. The molecular formula is C19H13Br3FNO. The zero-order chi connectivity index (χ0) is 17.8. The second kappa shape index (κ2) is 8.34. The molecule has 0 spiro atoms. The molecule has 128 valence electrons. The van der Waals surface area contributed by atoms with Crippen LogP contribution in [0.3, 0.4) is 0 Å². The van der Waals surface area contributed by atoms with Gasteiger partial charge in [0, 0.05) is 31.7 Å². The Morgan fingerprint density at radius 3 is 2.16 bits per heavy atom. The van der Waals surface area contributed by atoms with E-state index in [1.807, 2.05) is 36.4 Å². The van der Waals surface area contributed by atoms with Gasteiger partial charge in [0.25, 0.3) is 0 Å². The average molecular weight is 530 g/mol. The lowest BCUT2D eigenvalue weighted by atomic mass is 10.2. The molecule has 0 radical (unpaired) electrons. The maximum absolute atomic E-state index is 13.2. The lowest BCUT2D eigenvalue weighted by molar-refractivity contribution is 0.476. The Morgan fingerprint density at radius 1 is 0.840 bits per heavy atom. The molecule has 3 aromatic rings. The van der Waals surface area contributed by atoms with E-state index in [9.17, 15) is 4.39 Å². The summed E-state index contributed by atoms with van der Waals surface area (Å²) in [6.07, 6.45) is 0. The molecule has 0 aromatic heterocycles. The van der Waals surface area contributed by atoms with Gasteiger partial charge in [0.05, 0.1) is 0 Å². The third-order valence-electron chi connectivity index (χ3n) is 3.44. The zero-order valence-corrected chi connectivity index (χ0v) is 17.7. The van der Waals surface area contributed by atoms with Crippen molar-refractivity contribution in [3.05, 3.63) is 85.5 Å². The number of hydrogen-bond donors (Lipinski definition) is 1. The van der Waals surface area contributed by atoms with Crippen molar-refractivity contribution in [2.75, 3.05) is 5.32 Å². The Bertz CT molecular complexity index is 861. The highest BCUT2D eigenvalue weighted by Crippen LogP contribution is 2.34. The zero-order valence-electron chi connectivity index (χ0n) is 12.9. The van der Waals surface area contributed by atoms with Crippen LogP contribution in [-0.4, -0.2) is 0 Å². The molecule has 0 bridgehead atoms. The van der Waals surface area contributed by atoms with E-state index >= 15 is 0 Å². The lowest BCUT2D eigenvalue weighted by Crippen LogP contribution is -1.99. The van der Waals surface area contributed by atoms with Gasteiger partial charge < -0.3 is 10.1 Å². The first-order valence-electron chi connectivity index (χ1n) is 7.42. The van der Waals surface area contributed by atoms with Crippen LogP contribution < -0.4 is 10.1 Å². The van der Waals surface area contributed by atoms with Gasteiger partial charge in [-0.25, -0.2) is 4.39 Å². The number of halogens is 4. The van der Waals surface area contributed by atoms with Crippen LogP contribution in [0.1, 0.15) is 5.56 Å². The minimum atomic E-state index is -0.315. The monoisotopic (exact) mass is 527 g/mol. The maximum Gasteiger partial charge on any atom is 0.130 e. The first-order valence-corrected chi connectivity index (χ1v) is 9.80. The Kier molecular flexibility index (Phi) is 6.15. The van der Waals surface area contributed by atoms with Gasteiger partial charge in [0.2, 0.25) is 0 Å². The van der Waals surface area contributed by atoms with Gasteiger partial charge in [0.1, 0.15) is 17.3 Å². The highest BCUT2D eigenvalue weighted by Gasteiger charge is 2.05. The number of hydrogen-bond acceptors (Lipinski definition) is 2. The molecule has 0 aliphatic rings. The van der Waals surface area contributed by atoms with Crippen molar-refractivity contribution in [1.82, 2.24) is 0 Å². The molecule has 0 aliphatic heterocycles. The molecule has 25 heavy (non-hydrogen) atoms. The van der Waals surface area contributed by atoms with Crippen molar-refractivity contribution < 1.29 is 9.13 Å². The van der Waals surface area contributed by atoms with Crippen molar-refractivity contribution in [1.29, 1.82) is 0 Å². The summed E-state index contributed by atoms with van der Waals surface area (Å²) in [5, 5.41) is 3.38.